The molecule has 3 heterocycles. The van der Waals surface area contributed by atoms with Crippen LogP contribution in [0, 0.1) is 5.92 Å². The summed E-state index contributed by atoms with van der Waals surface area (Å²) in [5, 5.41) is 9.25. The lowest BCUT2D eigenvalue weighted by Gasteiger charge is -2.23. The average molecular weight is 650 g/mol. The normalized spacial score (nSPS) is 14.0. The van der Waals surface area contributed by atoms with Gasteiger partial charge >= 0.3 is 5.97 Å². The zero-order valence-electron chi connectivity index (χ0n) is 24.1. The van der Waals surface area contributed by atoms with E-state index in [2.05, 4.69) is 21.4 Å². The topological polar surface area (TPSA) is 166 Å². The Morgan fingerprint density at radius 2 is 1.98 bits per heavy atom. The molecule has 0 aliphatic carbocycles. The molecule has 1 aromatic carbocycles. The summed E-state index contributed by atoms with van der Waals surface area (Å²) in [6.45, 7) is 8.58. The Morgan fingerprint density at radius 1 is 1.26 bits per heavy atom. The second kappa shape index (κ2) is 12.3. The van der Waals surface area contributed by atoms with Crippen LogP contribution in [0.1, 0.15) is 32.8 Å². The summed E-state index contributed by atoms with van der Waals surface area (Å²) in [4.78, 5) is 26.3. The Morgan fingerprint density at radius 3 is 2.58 bits per heavy atom. The Bertz CT molecular complexity index is 1880. The summed E-state index contributed by atoms with van der Waals surface area (Å²) >= 11 is 1.31. The van der Waals surface area contributed by atoms with Crippen LogP contribution in [-0.4, -0.2) is 58.5 Å². The lowest BCUT2D eigenvalue weighted by atomic mass is 10.1. The van der Waals surface area contributed by atoms with Crippen molar-refractivity contribution >= 4 is 54.6 Å². The van der Waals surface area contributed by atoms with E-state index in [1.807, 2.05) is 13.8 Å². The molecule has 1 aliphatic rings. The van der Waals surface area contributed by atoms with Gasteiger partial charge in [0.15, 0.2) is 11.6 Å². The number of amidine groups is 1. The number of esters is 1. The molecular formula is C27H31N5O8S3. The molecule has 43 heavy (non-hydrogen) atoms. The third-order valence-electron chi connectivity index (χ3n) is 6.33. The lowest BCUT2D eigenvalue weighted by molar-refractivity contribution is -0.145. The van der Waals surface area contributed by atoms with Gasteiger partial charge in [0.2, 0.25) is 16.8 Å². The van der Waals surface area contributed by atoms with Crippen molar-refractivity contribution in [1.29, 1.82) is 0 Å². The number of carbonyl (C=O) groups excluding carboxylic acids is 1. The Kier molecular flexibility index (Phi) is 9.13. The number of fused-ring (bicyclic) bond motifs is 1. The maximum absolute atomic E-state index is 13.9. The monoisotopic (exact) mass is 649 g/mol. The minimum Gasteiger partial charge on any atom is -0.454 e. The molecule has 4 rings (SSSR count). The zero-order chi connectivity index (χ0) is 31.7. The van der Waals surface area contributed by atoms with Crippen molar-refractivity contribution in [1.82, 2.24) is 9.78 Å². The van der Waals surface area contributed by atoms with Crippen molar-refractivity contribution in [2.45, 2.75) is 38.6 Å². The van der Waals surface area contributed by atoms with Gasteiger partial charge in [0, 0.05) is 19.2 Å². The fourth-order valence-electron chi connectivity index (χ4n) is 3.92. The smallest absolute Gasteiger partial charge is 0.335 e. The molecular weight excluding hydrogens is 619 g/mol. The van der Waals surface area contributed by atoms with Crippen molar-refractivity contribution in [3.8, 4) is 16.3 Å². The van der Waals surface area contributed by atoms with Gasteiger partial charge in [0.25, 0.3) is 15.6 Å². The number of aryl methyl sites for hydroxylation is 1. The number of thiophene rings is 1. The molecule has 0 amide bonds. The van der Waals surface area contributed by atoms with E-state index in [0.29, 0.717) is 11.3 Å². The number of hydrogen-bond acceptors (Lipinski definition) is 11. The average Bonchev–Trinajstić information content (AvgIpc) is 3.45. The molecule has 2 aromatic heterocycles. The Balaban J connectivity index is 1.91. The van der Waals surface area contributed by atoms with E-state index in [9.17, 15) is 26.4 Å². The highest BCUT2D eigenvalue weighted by Gasteiger charge is 2.32. The van der Waals surface area contributed by atoms with Gasteiger partial charge in [-0.1, -0.05) is 26.5 Å². The molecule has 0 unspecified atom stereocenters. The molecule has 0 atom stereocenters. The van der Waals surface area contributed by atoms with Gasteiger partial charge in [-0.25, -0.2) is 17.9 Å². The summed E-state index contributed by atoms with van der Waals surface area (Å²) < 4.78 is 68.0. The first-order valence-electron chi connectivity index (χ1n) is 12.9. The molecule has 0 saturated carbocycles. The van der Waals surface area contributed by atoms with Crippen LogP contribution < -0.4 is 19.9 Å². The lowest BCUT2D eigenvalue weighted by Crippen LogP contribution is -2.35. The molecule has 16 heteroatoms. The van der Waals surface area contributed by atoms with Crippen molar-refractivity contribution in [3.63, 3.8) is 0 Å². The molecule has 13 nitrogen and oxygen atoms in total. The standard InChI is InChI=1S/C27H31N5O8S3/c1-16(2)11-12-32-26(33)22(24(39-15-40-27(34)17(3)4)23(29-32)20-8-7-13-41-20)25-28-19-10-9-18(31(5)42(6,35)36)14-21(19)43(37,38)30-25/h7-10,13-14,16H,3,11-12,15H2,1-2,4-6H3,(H,28,30). The number of hydrogen-bond donors (Lipinski definition) is 1. The second-order valence-electron chi connectivity index (χ2n) is 10.2. The van der Waals surface area contributed by atoms with E-state index < -0.39 is 38.4 Å². The van der Waals surface area contributed by atoms with E-state index in [1.54, 1.807) is 17.5 Å². The largest absolute Gasteiger partial charge is 0.454 e. The van der Waals surface area contributed by atoms with Gasteiger partial charge in [-0.3, -0.25) is 9.10 Å². The van der Waals surface area contributed by atoms with Crippen molar-refractivity contribution in [3.05, 3.63) is 63.8 Å². The van der Waals surface area contributed by atoms with Gasteiger partial charge in [0.05, 0.1) is 22.5 Å². The molecule has 230 valence electrons. The third-order valence-corrected chi connectivity index (χ3v) is 9.73. The summed E-state index contributed by atoms with van der Waals surface area (Å²) in [5.41, 5.74) is -0.393. The predicted molar refractivity (Wildman–Crippen MR) is 165 cm³/mol. The summed E-state index contributed by atoms with van der Waals surface area (Å²) in [7, 11) is -6.82. The van der Waals surface area contributed by atoms with Gasteiger partial charge in [-0.2, -0.15) is 13.5 Å². The van der Waals surface area contributed by atoms with Crippen LogP contribution in [-0.2, 0) is 36.1 Å². The number of anilines is 2. The van der Waals surface area contributed by atoms with Crippen LogP contribution in [0.4, 0.5) is 11.4 Å². The van der Waals surface area contributed by atoms with Crippen LogP contribution in [0.15, 0.2) is 62.0 Å². The Hall–Kier alpha value is -4.02. The Labute approximate surface area is 253 Å². The summed E-state index contributed by atoms with van der Waals surface area (Å²) in [5.74, 6) is -0.962. The van der Waals surface area contributed by atoms with E-state index in [1.165, 1.54) is 48.2 Å². The molecule has 0 bridgehead atoms. The maximum atomic E-state index is 13.9. The number of rotatable bonds is 11. The van der Waals surface area contributed by atoms with Crippen molar-refractivity contribution in [2.75, 3.05) is 29.7 Å². The fraction of sp³-hybridized carbons (Fsp3) is 0.333. The number of ether oxygens (including phenoxy) is 2. The van der Waals surface area contributed by atoms with E-state index in [-0.39, 0.29) is 57.1 Å². The molecule has 0 saturated heterocycles. The molecule has 1 N–H and O–H groups in total. The number of aromatic nitrogens is 2. The molecule has 0 fully saturated rings. The number of benzene rings is 1. The van der Waals surface area contributed by atoms with Gasteiger partial charge in [-0.05, 0) is 48.9 Å². The second-order valence-corrected chi connectivity index (χ2v) is 14.7. The van der Waals surface area contributed by atoms with E-state index in [0.717, 1.165) is 10.6 Å². The number of sulfonamides is 2. The van der Waals surface area contributed by atoms with Crippen LogP contribution in [0.5, 0.6) is 5.75 Å². The highest BCUT2D eigenvalue weighted by Crippen LogP contribution is 2.37. The summed E-state index contributed by atoms with van der Waals surface area (Å²) in [6.07, 6.45) is 1.59. The van der Waals surface area contributed by atoms with Crippen LogP contribution in [0.3, 0.4) is 0 Å². The SMILES string of the molecule is C=C(C)C(=O)OCOc1c(-c2cccs2)nn(CCC(C)C)c(=O)c1C1=NS(=O)(=O)c2cc(N(C)S(C)(=O)=O)ccc2N1. The number of nitrogens with zero attached hydrogens (tertiary/aromatic N) is 4. The minimum absolute atomic E-state index is 0.0675. The van der Waals surface area contributed by atoms with Gasteiger partial charge < -0.3 is 14.8 Å². The zero-order valence-corrected chi connectivity index (χ0v) is 26.6. The first-order chi connectivity index (χ1) is 20.1. The van der Waals surface area contributed by atoms with Gasteiger partial charge in [-0.15, -0.1) is 15.7 Å². The quantitative estimate of drug-likeness (QED) is 0.185. The predicted octanol–water partition coefficient (Wildman–Crippen LogP) is 3.43. The van der Waals surface area contributed by atoms with Crippen molar-refractivity contribution in [2.24, 2.45) is 10.3 Å². The molecule has 0 radical (unpaired) electrons. The first kappa shape index (κ1) is 31.9. The molecule has 1 aliphatic heterocycles. The third kappa shape index (κ3) is 6.97. The van der Waals surface area contributed by atoms with Gasteiger partial charge in [0.1, 0.15) is 16.2 Å². The molecule has 0 spiro atoms. The van der Waals surface area contributed by atoms with Crippen LogP contribution >= 0.6 is 11.3 Å². The highest BCUT2D eigenvalue weighted by atomic mass is 32.2. The number of nitrogens with one attached hydrogen (secondary N) is 1. The van der Waals surface area contributed by atoms with E-state index in [4.69, 9.17) is 9.47 Å². The summed E-state index contributed by atoms with van der Waals surface area (Å²) in [6, 6.07) is 7.51. The van der Waals surface area contributed by atoms with Crippen LogP contribution in [0.2, 0.25) is 0 Å². The van der Waals surface area contributed by atoms with Crippen molar-refractivity contribution < 1.29 is 31.1 Å². The number of carbonyl (C=O) groups is 1. The fourth-order valence-corrected chi connectivity index (χ4v) is 6.26. The maximum Gasteiger partial charge on any atom is 0.335 e. The highest BCUT2D eigenvalue weighted by molar-refractivity contribution is 7.92. The first-order valence-corrected chi connectivity index (χ1v) is 17.1. The molecule has 3 aromatic rings. The van der Waals surface area contributed by atoms with E-state index >= 15 is 0 Å². The minimum atomic E-state index is -4.44. The van der Waals surface area contributed by atoms with Crippen LogP contribution in [0.25, 0.3) is 10.6 Å².